The summed E-state index contributed by atoms with van der Waals surface area (Å²) in [7, 11) is 0. The molecule has 102 valence electrons. The van der Waals surface area contributed by atoms with Gasteiger partial charge in [0.2, 0.25) is 0 Å². The van der Waals surface area contributed by atoms with Crippen LogP contribution in [0.15, 0.2) is 17.5 Å². The third kappa shape index (κ3) is 3.44. The summed E-state index contributed by atoms with van der Waals surface area (Å²) < 4.78 is 0. The summed E-state index contributed by atoms with van der Waals surface area (Å²) in [6, 6.07) is 3.96. The molecular formula is C14H20N4S. The molecule has 5 heteroatoms. The monoisotopic (exact) mass is 276 g/mol. The van der Waals surface area contributed by atoms with Gasteiger partial charge >= 0.3 is 0 Å². The van der Waals surface area contributed by atoms with Crippen LogP contribution in [0.25, 0.3) is 0 Å². The van der Waals surface area contributed by atoms with E-state index >= 15 is 0 Å². The summed E-state index contributed by atoms with van der Waals surface area (Å²) >= 11 is 1.77. The zero-order chi connectivity index (χ0) is 13.8. The number of aromatic nitrogens is 2. The first kappa shape index (κ1) is 13.8. The molecule has 0 radical (unpaired) electrons. The third-order valence-electron chi connectivity index (χ3n) is 2.93. The molecule has 2 heterocycles. The van der Waals surface area contributed by atoms with Crippen LogP contribution in [-0.2, 0) is 13.0 Å². The molecule has 0 unspecified atom stereocenters. The van der Waals surface area contributed by atoms with Crippen LogP contribution in [0.1, 0.15) is 43.0 Å². The van der Waals surface area contributed by atoms with E-state index in [1.54, 1.807) is 17.4 Å². The number of nitrogen functional groups attached to an aromatic ring is 1. The van der Waals surface area contributed by atoms with Gasteiger partial charge in [0, 0.05) is 16.9 Å². The number of nitrogens with one attached hydrogen (secondary N) is 1. The SMILES string of the molecule is CCc1ccsc1CNc1cc(N)nc(C(C)C)n1. The van der Waals surface area contributed by atoms with Crippen molar-refractivity contribution in [3.63, 3.8) is 0 Å². The van der Waals surface area contributed by atoms with Gasteiger partial charge in [-0.3, -0.25) is 0 Å². The van der Waals surface area contributed by atoms with E-state index in [9.17, 15) is 0 Å². The molecule has 0 aliphatic rings. The molecule has 3 N–H and O–H groups in total. The minimum absolute atomic E-state index is 0.275. The van der Waals surface area contributed by atoms with Gasteiger partial charge in [0.05, 0.1) is 6.54 Å². The van der Waals surface area contributed by atoms with E-state index in [0.717, 1.165) is 24.6 Å². The summed E-state index contributed by atoms with van der Waals surface area (Å²) in [6.45, 7) is 7.08. The Balaban J connectivity index is 2.11. The first-order valence-corrected chi connectivity index (χ1v) is 7.41. The molecule has 0 saturated heterocycles. The van der Waals surface area contributed by atoms with Gasteiger partial charge in [0.15, 0.2) is 0 Å². The fourth-order valence-corrected chi connectivity index (χ4v) is 2.76. The van der Waals surface area contributed by atoms with Crippen molar-refractivity contribution in [1.29, 1.82) is 0 Å². The molecular weight excluding hydrogens is 256 g/mol. The maximum Gasteiger partial charge on any atom is 0.135 e. The van der Waals surface area contributed by atoms with Gasteiger partial charge < -0.3 is 11.1 Å². The second-order valence-corrected chi connectivity index (χ2v) is 5.77. The average molecular weight is 276 g/mol. The number of aryl methyl sites for hydroxylation is 1. The lowest BCUT2D eigenvalue weighted by Gasteiger charge is -2.10. The first-order chi connectivity index (χ1) is 9.10. The second-order valence-electron chi connectivity index (χ2n) is 4.77. The number of nitrogens with zero attached hydrogens (tertiary/aromatic N) is 2. The van der Waals surface area contributed by atoms with Gasteiger partial charge in [-0.15, -0.1) is 11.3 Å². The fraction of sp³-hybridized carbons (Fsp3) is 0.429. The largest absolute Gasteiger partial charge is 0.384 e. The molecule has 4 nitrogen and oxygen atoms in total. The van der Waals surface area contributed by atoms with Crippen molar-refractivity contribution in [2.45, 2.75) is 39.7 Å². The molecule has 0 fully saturated rings. The lowest BCUT2D eigenvalue weighted by Crippen LogP contribution is -2.07. The van der Waals surface area contributed by atoms with Crippen LogP contribution >= 0.6 is 11.3 Å². The van der Waals surface area contributed by atoms with Crippen molar-refractivity contribution >= 4 is 23.0 Å². The van der Waals surface area contributed by atoms with E-state index in [0.29, 0.717) is 5.82 Å². The molecule has 0 aliphatic carbocycles. The Morgan fingerprint density at radius 1 is 1.37 bits per heavy atom. The summed E-state index contributed by atoms with van der Waals surface area (Å²) in [5.74, 6) is 2.37. The molecule has 2 rings (SSSR count). The van der Waals surface area contributed by atoms with E-state index in [4.69, 9.17) is 5.73 Å². The fourth-order valence-electron chi connectivity index (χ4n) is 1.84. The number of nitrogens with two attached hydrogens (primary N) is 1. The quantitative estimate of drug-likeness (QED) is 0.878. The standard InChI is InChI=1S/C14H20N4S/c1-4-10-5-6-19-11(10)8-16-13-7-12(15)17-14(18-13)9(2)3/h5-7,9H,4,8H2,1-3H3,(H3,15,16,17,18). The van der Waals surface area contributed by atoms with Crippen molar-refractivity contribution in [2.75, 3.05) is 11.1 Å². The van der Waals surface area contributed by atoms with E-state index in [1.165, 1.54) is 10.4 Å². The average Bonchev–Trinajstić information content (AvgIpc) is 2.83. The molecule has 2 aromatic heterocycles. The smallest absolute Gasteiger partial charge is 0.135 e. The lowest BCUT2D eigenvalue weighted by molar-refractivity contribution is 0.777. The van der Waals surface area contributed by atoms with Crippen molar-refractivity contribution in [2.24, 2.45) is 0 Å². The highest BCUT2D eigenvalue weighted by Crippen LogP contribution is 2.20. The Bertz CT molecular complexity index is 548. The number of thiophene rings is 1. The molecule has 0 saturated carbocycles. The van der Waals surface area contributed by atoms with Crippen LogP contribution in [0.3, 0.4) is 0 Å². The summed E-state index contributed by atoms with van der Waals surface area (Å²) in [5.41, 5.74) is 7.21. The predicted octanol–water partition coefficient (Wildman–Crippen LogP) is 3.42. The van der Waals surface area contributed by atoms with Crippen molar-refractivity contribution in [3.05, 3.63) is 33.8 Å². The Morgan fingerprint density at radius 3 is 2.84 bits per heavy atom. The topological polar surface area (TPSA) is 63.8 Å². The summed E-state index contributed by atoms with van der Waals surface area (Å²) in [4.78, 5) is 10.1. The highest BCUT2D eigenvalue weighted by atomic mass is 32.1. The van der Waals surface area contributed by atoms with Gasteiger partial charge in [-0.2, -0.15) is 0 Å². The lowest BCUT2D eigenvalue weighted by atomic mass is 10.2. The molecule has 0 spiro atoms. The minimum atomic E-state index is 0.275. The van der Waals surface area contributed by atoms with Crippen LogP contribution in [0.4, 0.5) is 11.6 Å². The third-order valence-corrected chi connectivity index (χ3v) is 3.89. The molecule has 0 aromatic carbocycles. The molecule has 19 heavy (non-hydrogen) atoms. The highest BCUT2D eigenvalue weighted by molar-refractivity contribution is 7.10. The normalized spacial score (nSPS) is 10.9. The summed E-state index contributed by atoms with van der Waals surface area (Å²) in [5, 5.41) is 5.47. The van der Waals surface area contributed by atoms with Gasteiger partial charge in [-0.25, -0.2) is 9.97 Å². The Hall–Kier alpha value is -1.62. The number of hydrogen-bond acceptors (Lipinski definition) is 5. The molecule has 0 bridgehead atoms. The summed E-state index contributed by atoms with van der Waals surface area (Å²) in [6.07, 6.45) is 1.06. The maximum absolute atomic E-state index is 5.81. The Morgan fingerprint density at radius 2 is 2.16 bits per heavy atom. The van der Waals surface area contributed by atoms with E-state index in [1.807, 2.05) is 0 Å². The predicted molar refractivity (Wildman–Crippen MR) is 81.6 cm³/mol. The molecule has 0 atom stereocenters. The highest BCUT2D eigenvalue weighted by Gasteiger charge is 2.07. The molecule has 0 aliphatic heterocycles. The van der Waals surface area contributed by atoms with Gasteiger partial charge in [0.1, 0.15) is 17.5 Å². The minimum Gasteiger partial charge on any atom is -0.384 e. The maximum atomic E-state index is 5.81. The number of hydrogen-bond donors (Lipinski definition) is 2. The molecule has 0 amide bonds. The van der Waals surface area contributed by atoms with E-state index in [-0.39, 0.29) is 5.92 Å². The zero-order valence-corrected chi connectivity index (χ0v) is 12.4. The van der Waals surface area contributed by atoms with Crippen LogP contribution in [0.5, 0.6) is 0 Å². The van der Waals surface area contributed by atoms with Gasteiger partial charge in [0.25, 0.3) is 0 Å². The van der Waals surface area contributed by atoms with Gasteiger partial charge in [-0.05, 0) is 23.4 Å². The van der Waals surface area contributed by atoms with Crippen molar-refractivity contribution in [3.8, 4) is 0 Å². The Kier molecular flexibility index (Phi) is 4.37. The van der Waals surface area contributed by atoms with Crippen molar-refractivity contribution < 1.29 is 0 Å². The Labute approximate surface area is 118 Å². The van der Waals surface area contributed by atoms with Crippen LogP contribution in [-0.4, -0.2) is 9.97 Å². The van der Waals surface area contributed by atoms with Crippen LogP contribution in [0.2, 0.25) is 0 Å². The van der Waals surface area contributed by atoms with Crippen LogP contribution in [0, 0.1) is 0 Å². The molecule has 2 aromatic rings. The number of rotatable bonds is 5. The van der Waals surface area contributed by atoms with Crippen molar-refractivity contribution in [1.82, 2.24) is 9.97 Å². The van der Waals surface area contributed by atoms with E-state index in [2.05, 4.69) is 47.5 Å². The second kappa shape index (κ2) is 6.02. The zero-order valence-electron chi connectivity index (χ0n) is 11.6. The number of anilines is 2. The van der Waals surface area contributed by atoms with E-state index < -0.39 is 0 Å². The van der Waals surface area contributed by atoms with Crippen LogP contribution < -0.4 is 11.1 Å². The van der Waals surface area contributed by atoms with Gasteiger partial charge in [-0.1, -0.05) is 20.8 Å². The first-order valence-electron chi connectivity index (χ1n) is 6.53.